The van der Waals surface area contributed by atoms with Crippen LogP contribution >= 0.6 is 0 Å². The van der Waals surface area contributed by atoms with Crippen molar-refractivity contribution in [1.82, 2.24) is 10.3 Å². The van der Waals surface area contributed by atoms with Gasteiger partial charge in [-0.05, 0) is 42.0 Å². The van der Waals surface area contributed by atoms with Crippen LogP contribution in [0.3, 0.4) is 0 Å². The van der Waals surface area contributed by atoms with E-state index in [0.29, 0.717) is 13.0 Å². The SMILES string of the molecule is O=C(Cc1ccc(Oc2ccccc2)cc1)NCc1ccccn1. The molecule has 2 aromatic carbocycles. The molecule has 3 aromatic rings. The second-order valence-corrected chi connectivity index (χ2v) is 5.33. The summed E-state index contributed by atoms with van der Waals surface area (Å²) < 4.78 is 5.73. The Labute approximate surface area is 141 Å². The van der Waals surface area contributed by atoms with E-state index in [2.05, 4.69) is 10.3 Å². The summed E-state index contributed by atoms with van der Waals surface area (Å²) in [5, 5.41) is 2.87. The number of carbonyl (C=O) groups is 1. The summed E-state index contributed by atoms with van der Waals surface area (Å²) in [4.78, 5) is 16.2. The van der Waals surface area contributed by atoms with Crippen LogP contribution < -0.4 is 10.1 Å². The number of rotatable bonds is 6. The second kappa shape index (κ2) is 7.92. The monoisotopic (exact) mass is 318 g/mol. The zero-order valence-corrected chi connectivity index (χ0v) is 13.2. The molecule has 0 saturated heterocycles. The number of amides is 1. The van der Waals surface area contributed by atoms with Crippen molar-refractivity contribution < 1.29 is 9.53 Å². The van der Waals surface area contributed by atoms with E-state index in [1.807, 2.05) is 72.8 Å². The molecule has 0 aliphatic carbocycles. The van der Waals surface area contributed by atoms with E-state index in [9.17, 15) is 4.79 Å². The molecule has 0 bridgehead atoms. The molecule has 0 aliphatic heterocycles. The predicted octanol–water partition coefficient (Wildman–Crippen LogP) is 3.73. The molecule has 1 heterocycles. The highest BCUT2D eigenvalue weighted by Crippen LogP contribution is 2.21. The number of nitrogens with zero attached hydrogens (tertiary/aromatic N) is 1. The molecule has 0 aliphatic rings. The first-order valence-electron chi connectivity index (χ1n) is 7.78. The van der Waals surface area contributed by atoms with E-state index in [0.717, 1.165) is 22.8 Å². The molecule has 120 valence electrons. The fourth-order valence-electron chi connectivity index (χ4n) is 2.24. The Bertz CT molecular complexity index is 772. The molecule has 0 unspecified atom stereocenters. The number of ether oxygens (including phenoxy) is 1. The van der Waals surface area contributed by atoms with Gasteiger partial charge in [0.25, 0.3) is 0 Å². The summed E-state index contributed by atoms with van der Waals surface area (Å²) in [7, 11) is 0. The smallest absolute Gasteiger partial charge is 0.224 e. The van der Waals surface area contributed by atoms with Crippen molar-refractivity contribution in [1.29, 1.82) is 0 Å². The Hall–Kier alpha value is -3.14. The van der Waals surface area contributed by atoms with Gasteiger partial charge in [0.2, 0.25) is 5.91 Å². The van der Waals surface area contributed by atoms with Gasteiger partial charge in [0, 0.05) is 6.20 Å². The van der Waals surface area contributed by atoms with Crippen LogP contribution in [0, 0.1) is 0 Å². The molecular weight excluding hydrogens is 300 g/mol. The van der Waals surface area contributed by atoms with Gasteiger partial charge in [-0.1, -0.05) is 36.4 Å². The first-order valence-corrected chi connectivity index (χ1v) is 7.78. The van der Waals surface area contributed by atoms with Crippen LogP contribution in [0.1, 0.15) is 11.3 Å². The molecule has 1 aromatic heterocycles. The molecule has 1 N–H and O–H groups in total. The topological polar surface area (TPSA) is 51.2 Å². The zero-order valence-electron chi connectivity index (χ0n) is 13.2. The molecule has 4 heteroatoms. The van der Waals surface area contributed by atoms with Gasteiger partial charge in [-0.3, -0.25) is 9.78 Å². The number of nitrogens with one attached hydrogen (secondary N) is 1. The van der Waals surface area contributed by atoms with Crippen LogP contribution in [0.15, 0.2) is 79.0 Å². The lowest BCUT2D eigenvalue weighted by Gasteiger charge is -2.07. The van der Waals surface area contributed by atoms with Crippen molar-refractivity contribution in [3.05, 3.63) is 90.3 Å². The fraction of sp³-hybridized carbons (Fsp3) is 0.100. The Balaban J connectivity index is 1.51. The number of para-hydroxylation sites is 1. The normalized spacial score (nSPS) is 10.2. The van der Waals surface area contributed by atoms with Gasteiger partial charge in [0.15, 0.2) is 0 Å². The van der Waals surface area contributed by atoms with Gasteiger partial charge < -0.3 is 10.1 Å². The lowest BCUT2D eigenvalue weighted by Crippen LogP contribution is -2.24. The average Bonchev–Trinajstić information content (AvgIpc) is 2.63. The largest absolute Gasteiger partial charge is 0.457 e. The molecule has 0 spiro atoms. The van der Waals surface area contributed by atoms with E-state index in [4.69, 9.17) is 4.74 Å². The molecule has 24 heavy (non-hydrogen) atoms. The maximum absolute atomic E-state index is 12.0. The minimum atomic E-state index is -0.0302. The van der Waals surface area contributed by atoms with E-state index >= 15 is 0 Å². The summed E-state index contributed by atoms with van der Waals surface area (Å²) in [6.45, 7) is 0.439. The Morgan fingerprint density at radius 3 is 2.29 bits per heavy atom. The molecule has 3 rings (SSSR count). The highest BCUT2D eigenvalue weighted by Gasteiger charge is 2.04. The predicted molar refractivity (Wildman–Crippen MR) is 92.7 cm³/mol. The van der Waals surface area contributed by atoms with Crippen LogP contribution in [-0.2, 0) is 17.8 Å². The molecular formula is C20H18N2O2. The van der Waals surface area contributed by atoms with Crippen molar-refractivity contribution in [3.8, 4) is 11.5 Å². The van der Waals surface area contributed by atoms with E-state index < -0.39 is 0 Å². The minimum absolute atomic E-state index is 0.0302. The van der Waals surface area contributed by atoms with E-state index in [-0.39, 0.29) is 5.91 Å². The van der Waals surface area contributed by atoms with Crippen LogP contribution in [0.25, 0.3) is 0 Å². The molecule has 1 amide bonds. The van der Waals surface area contributed by atoms with Gasteiger partial charge >= 0.3 is 0 Å². The highest BCUT2D eigenvalue weighted by atomic mass is 16.5. The molecule has 0 fully saturated rings. The van der Waals surface area contributed by atoms with Gasteiger partial charge in [0.1, 0.15) is 11.5 Å². The number of carbonyl (C=O) groups excluding carboxylic acids is 1. The van der Waals surface area contributed by atoms with Crippen molar-refractivity contribution in [3.63, 3.8) is 0 Å². The maximum Gasteiger partial charge on any atom is 0.224 e. The van der Waals surface area contributed by atoms with Gasteiger partial charge in [-0.25, -0.2) is 0 Å². The van der Waals surface area contributed by atoms with Crippen molar-refractivity contribution in [2.75, 3.05) is 0 Å². The third-order valence-corrected chi connectivity index (χ3v) is 3.46. The summed E-state index contributed by atoms with van der Waals surface area (Å²) in [5.41, 5.74) is 1.78. The molecule has 0 atom stereocenters. The summed E-state index contributed by atoms with van der Waals surface area (Å²) in [6, 6.07) is 22.8. The van der Waals surface area contributed by atoms with E-state index in [1.54, 1.807) is 6.20 Å². The second-order valence-electron chi connectivity index (χ2n) is 5.33. The number of benzene rings is 2. The van der Waals surface area contributed by atoms with Crippen LogP contribution in [0.2, 0.25) is 0 Å². The van der Waals surface area contributed by atoms with Gasteiger partial charge in [0.05, 0.1) is 18.7 Å². The lowest BCUT2D eigenvalue weighted by molar-refractivity contribution is -0.120. The Morgan fingerprint density at radius 1 is 0.875 bits per heavy atom. The third-order valence-electron chi connectivity index (χ3n) is 3.46. The van der Waals surface area contributed by atoms with Crippen LogP contribution in [0.5, 0.6) is 11.5 Å². The standard InChI is InChI=1S/C20H18N2O2/c23-20(22-15-17-6-4-5-13-21-17)14-16-9-11-19(12-10-16)24-18-7-2-1-3-8-18/h1-13H,14-15H2,(H,22,23). The summed E-state index contributed by atoms with van der Waals surface area (Å²) in [5.74, 6) is 1.51. The summed E-state index contributed by atoms with van der Waals surface area (Å²) in [6.07, 6.45) is 2.05. The number of aromatic nitrogens is 1. The highest BCUT2D eigenvalue weighted by molar-refractivity contribution is 5.78. The molecule has 0 saturated carbocycles. The quantitative estimate of drug-likeness (QED) is 0.753. The Morgan fingerprint density at radius 2 is 1.58 bits per heavy atom. The minimum Gasteiger partial charge on any atom is -0.457 e. The number of hydrogen-bond acceptors (Lipinski definition) is 3. The molecule has 0 radical (unpaired) electrons. The number of hydrogen-bond donors (Lipinski definition) is 1. The van der Waals surface area contributed by atoms with Gasteiger partial charge in [-0.15, -0.1) is 0 Å². The fourth-order valence-corrected chi connectivity index (χ4v) is 2.24. The first kappa shape index (κ1) is 15.7. The lowest BCUT2D eigenvalue weighted by atomic mass is 10.1. The van der Waals surface area contributed by atoms with Crippen molar-refractivity contribution in [2.24, 2.45) is 0 Å². The zero-order chi connectivity index (χ0) is 16.6. The first-order chi connectivity index (χ1) is 11.8. The average molecular weight is 318 g/mol. The van der Waals surface area contributed by atoms with Crippen LogP contribution in [-0.4, -0.2) is 10.9 Å². The van der Waals surface area contributed by atoms with Crippen molar-refractivity contribution in [2.45, 2.75) is 13.0 Å². The number of pyridine rings is 1. The third kappa shape index (κ3) is 4.68. The van der Waals surface area contributed by atoms with Crippen molar-refractivity contribution >= 4 is 5.91 Å². The Kier molecular flexibility index (Phi) is 5.20. The van der Waals surface area contributed by atoms with Gasteiger partial charge in [-0.2, -0.15) is 0 Å². The summed E-state index contributed by atoms with van der Waals surface area (Å²) >= 11 is 0. The van der Waals surface area contributed by atoms with Crippen LogP contribution in [0.4, 0.5) is 0 Å². The maximum atomic E-state index is 12.0. The molecule has 4 nitrogen and oxygen atoms in total. The van der Waals surface area contributed by atoms with E-state index in [1.165, 1.54) is 0 Å².